The minimum absolute atomic E-state index is 0.372. The summed E-state index contributed by atoms with van der Waals surface area (Å²) < 4.78 is 5.26. The molecule has 98 valence electrons. The molecular weight excluding hydrogens is 232 g/mol. The van der Waals surface area contributed by atoms with Crippen LogP contribution in [-0.2, 0) is 0 Å². The number of rotatable bonds is 4. The Balaban J connectivity index is 2.11. The van der Waals surface area contributed by atoms with Gasteiger partial charge in [-0.1, -0.05) is 61.0 Å². The van der Waals surface area contributed by atoms with Gasteiger partial charge < -0.3 is 4.74 Å². The second-order valence-electron chi connectivity index (χ2n) is 4.84. The molecule has 0 fully saturated rings. The van der Waals surface area contributed by atoms with Crippen molar-refractivity contribution >= 4 is 6.08 Å². The molecule has 0 saturated carbocycles. The number of methoxy groups -OCH3 is 1. The Kier molecular flexibility index (Phi) is 4.40. The molecule has 0 aliphatic carbocycles. The van der Waals surface area contributed by atoms with Crippen molar-refractivity contribution in [3.63, 3.8) is 0 Å². The monoisotopic (exact) mass is 252 g/mol. The maximum Gasteiger partial charge on any atom is 0.119 e. The molecular formula is C18H20O. The zero-order valence-corrected chi connectivity index (χ0v) is 11.8. The third kappa shape index (κ3) is 3.72. The van der Waals surface area contributed by atoms with Crippen molar-refractivity contribution in [3.8, 4) is 5.75 Å². The van der Waals surface area contributed by atoms with Crippen LogP contribution in [0, 0.1) is 6.92 Å². The average Bonchev–Trinajstić information content (AvgIpc) is 2.46. The highest BCUT2D eigenvalue weighted by molar-refractivity contribution is 5.51. The lowest BCUT2D eigenvalue weighted by atomic mass is 9.99. The average molecular weight is 252 g/mol. The fourth-order valence-corrected chi connectivity index (χ4v) is 1.97. The van der Waals surface area contributed by atoms with Crippen LogP contribution >= 0.6 is 0 Å². The van der Waals surface area contributed by atoms with Gasteiger partial charge in [-0.05, 0) is 36.1 Å². The normalized spacial score (nSPS) is 12.6. The van der Waals surface area contributed by atoms with Gasteiger partial charge in [0.1, 0.15) is 5.75 Å². The number of allylic oxidation sites excluding steroid dienone is 1. The van der Waals surface area contributed by atoms with Crippen LogP contribution in [0.15, 0.2) is 54.6 Å². The number of benzene rings is 2. The zero-order chi connectivity index (χ0) is 13.7. The molecule has 1 heteroatoms. The SMILES string of the molecule is COc1cccc([C@@H](C)/C=C/c2ccc(C)cc2)c1. The van der Waals surface area contributed by atoms with Gasteiger partial charge in [0.05, 0.1) is 7.11 Å². The van der Waals surface area contributed by atoms with Gasteiger partial charge in [0, 0.05) is 0 Å². The van der Waals surface area contributed by atoms with Gasteiger partial charge in [0.25, 0.3) is 0 Å². The van der Waals surface area contributed by atoms with Crippen LogP contribution in [0.1, 0.15) is 29.5 Å². The van der Waals surface area contributed by atoms with E-state index < -0.39 is 0 Å². The molecule has 0 aliphatic heterocycles. The molecule has 19 heavy (non-hydrogen) atoms. The lowest BCUT2D eigenvalue weighted by Gasteiger charge is -2.08. The molecule has 0 saturated heterocycles. The number of hydrogen-bond acceptors (Lipinski definition) is 1. The minimum Gasteiger partial charge on any atom is -0.497 e. The Bertz CT molecular complexity index is 552. The van der Waals surface area contributed by atoms with Crippen molar-refractivity contribution in [2.45, 2.75) is 19.8 Å². The lowest BCUT2D eigenvalue weighted by molar-refractivity contribution is 0.414. The molecule has 1 atom stereocenters. The molecule has 0 bridgehead atoms. The van der Waals surface area contributed by atoms with Crippen LogP contribution < -0.4 is 4.74 Å². The van der Waals surface area contributed by atoms with Crippen LogP contribution in [0.3, 0.4) is 0 Å². The largest absolute Gasteiger partial charge is 0.497 e. The predicted octanol–water partition coefficient (Wildman–Crippen LogP) is 4.82. The first kappa shape index (κ1) is 13.4. The summed E-state index contributed by atoms with van der Waals surface area (Å²) in [6.45, 7) is 4.30. The Morgan fingerprint density at radius 1 is 1.05 bits per heavy atom. The highest BCUT2D eigenvalue weighted by Gasteiger charge is 2.02. The van der Waals surface area contributed by atoms with Gasteiger partial charge in [0.2, 0.25) is 0 Å². The van der Waals surface area contributed by atoms with Crippen LogP contribution in [-0.4, -0.2) is 7.11 Å². The van der Waals surface area contributed by atoms with Crippen molar-refractivity contribution in [1.82, 2.24) is 0 Å². The van der Waals surface area contributed by atoms with Crippen molar-refractivity contribution in [1.29, 1.82) is 0 Å². The van der Waals surface area contributed by atoms with Gasteiger partial charge in [-0.2, -0.15) is 0 Å². The number of hydrogen-bond donors (Lipinski definition) is 0. The summed E-state index contributed by atoms with van der Waals surface area (Å²) in [5, 5.41) is 0. The molecule has 0 aromatic heterocycles. The lowest BCUT2D eigenvalue weighted by Crippen LogP contribution is -1.90. The summed E-state index contributed by atoms with van der Waals surface area (Å²) in [5.74, 6) is 1.28. The molecule has 2 aromatic rings. The van der Waals surface area contributed by atoms with E-state index in [4.69, 9.17) is 4.74 Å². The van der Waals surface area contributed by atoms with Crippen LogP contribution in [0.25, 0.3) is 6.08 Å². The summed E-state index contributed by atoms with van der Waals surface area (Å²) in [6, 6.07) is 16.8. The van der Waals surface area contributed by atoms with Gasteiger partial charge in [-0.3, -0.25) is 0 Å². The standard InChI is InChI=1S/C18H20O/c1-14-7-10-16(11-8-14)12-9-15(2)17-5-4-6-18(13-17)19-3/h4-13,15H,1-3H3/b12-9+/t15-/m0/s1. The van der Waals surface area contributed by atoms with Crippen molar-refractivity contribution < 1.29 is 4.74 Å². The molecule has 0 heterocycles. The van der Waals surface area contributed by atoms with E-state index >= 15 is 0 Å². The molecule has 1 nitrogen and oxygen atoms in total. The second kappa shape index (κ2) is 6.24. The first-order valence-electron chi connectivity index (χ1n) is 6.58. The van der Waals surface area contributed by atoms with Crippen LogP contribution in [0.4, 0.5) is 0 Å². The second-order valence-corrected chi connectivity index (χ2v) is 4.84. The van der Waals surface area contributed by atoms with E-state index in [-0.39, 0.29) is 0 Å². The molecule has 0 aliphatic rings. The van der Waals surface area contributed by atoms with Crippen LogP contribution in [0.5, 0.6) is 5.75 Å². The quantitative estimate of drug-likeness (QED) is 0.758. The molecule has 2 rings (SSSR count). The topological polar surface area (TPSA) is 9.23 Å². The summed E-state index contributed by atoms with van der Waals surface area (Å²) in [5.41, 5.74) is 3.79. The number of aryl methyl sites for hydroxylation is 1. The predicted molar refractivity (Wildman–Crippen MR) is 81.6 cm³/mol. The minimum atomic E-state index is 0.372. The molecule has 0 unspecified atom stereocenters. The van der Waals surface area contributed by atoms with E-state index in [1.807, 2.05) is 12.1 Å². The Morgan fingerprint density at radius 2 is 1.79 bits per heavy atom. The summed E-state index contributed by atoms with van der Waals surface area (Å²) in [6.07, 6.45) is 4.39. The van der Waals surface area contributed by atoms with Gasteiger partial charge >= 0.3 is 0 Å². The molecule has 2 aromatic carbocycles. The molecule has 0 N–H and O–H groups in total. The van der Waals surface area contributed by atoms with Crippen LogP contribution in [0.2, 0.25) is 0 Å². The zero-order valence-electron chi connectivity index (χ0n) is 11.8. The van der Waals surface area contributed by atoms with Crippen molar-refractivity contribution in [2.75, 3.05) is 7.11 Å². The van der Waals surface area contributed by atoms with E-state index in [0.29, 0.717) is 5.92 Å². The smallest absolute Gasteiger partial charge is 0.119 e. The summed E-state index contributed by atoms with van der Waals surface area (Å²) in [7, 11) is 1.70. The van der Waals surface area contributed by atoms with Gasteiger partial charge in [-0.25, -0.2) is 0 Å². The molecule has 0 spiro atoms. The maximum atomic E-state index is 5.26. The Labute approximate surface area is 115 Å². The summed E-state index contributed by atoms with van der Waals surface area (Å²) >= 11 is 0. The van der Waals surface area contributed by atoms with Crippen molar-refractivity contribution in [2.24, 2.45) is 0 Å². The fraction of sp³-hybridized carbons (Fsp3) is 0.222. The molecule has 0 amide bonds. The molecule has 0 radical (unpaired) electrons. The summed E-state index contributed by atoms with van der Waals surface area (Å²) in [4.78, 5) is 0. The third-order valence-corrected chi connectivity index (χ3v) is 3.27. The first-order valence-corrected chi connectivity index (χ1v) is 6.58. The maximum absolute atomic E-state index is 5.26. The van der Waals surface area contributed by atoms with Gasteiger partial charge in [0.15, 0.2) is 0 Å². The van der Waals surface area contributed by atoms with E-state index in [1.54, 1.807) is 7.11 Å². The third-order valence-electron chi connectivity index (χ3n) is 3.27. The van der Waals surface area contributed by atoms with Gasteiger partial charge in [-0.15, -0.1) is 0 Å². The number of ether oxygens (including phenoxy) is 1. The Hall–Kier alpha value is -2.02. The van der Waals surface area contributed by atoms with Crippen molar-refractivity contribution in [3.05, 3.63) is 71.3 Å². The van der Waals surface area contributed by atoms with E-state index in [9.17, 15) is 0 Å². The highest BCUT2D eigenvalue weighted by Crippen LogP contribution is 2.22. The highest BCUT2D eigenvalue weighted by atomic mass is 16.5. The first-order chi connectivity index (χ1) is 9.19. The van der Waals surface area contributed by atoms with E-state index in [0.717, 1.165) is 5.75 Å². The van der Waals surface area contributed by atoms with E-state index in [2.05, 4.69) is 62.4 Å². The Morgan fingerprint density at radius 3 is 2.47 bits per heavy atom. The van der Waals surface area contributed by atoms with E-state index in [1.165, 1.54) is 16.7 Å². The fourth-order valence-electron chi connectivity index (χ4n) is 1.97.